The fourth-order valence-electron chi connectivity index (χ4n) is 4.72. The van der Waals surface area contributed by atoms with Crippen molar-refractivity contribution in [2.24, 2.45) is 0 Å². The Labute approximate surface area is 159 Å². The second-order valence-electron chi connectivity index (χ2n) is 7.00. The third-order valence-corrected chi connectivity index (χ3v) is 5.69. The summed E-state index contributed by atoms with van der Waals surface area (Å²) in [6, 6.07) is 25.9. The van der Waals surface area contributed by atoms with Gasteiger partial charge < -0.3 is 4.74 Å². The van der Waals surface area contributed by atoms with Crippen LogP contribution in [0.2, 0.25) is 0 Å². The van der Waals surface area contributed by atoms with Crippen molar-refractivity contribution in [3.05, 3.63) is 126 Å². The van der Waals surface area contributed by atoms with Gasteiger partial charge in [-0.1, -0.05) is 91.5 Å². The molecule has 0 saturated carbocycles. The van der Waals surface area contributed by atoms with E-state index in [1.807, 2.05) is 18.2 Å². The molecule has 0 fully saturated rings. The molecule has 1 aliphatic carbocycles. The zero-order chi connectivity index (χ0) is 18.4. The first kappa shape index (κ1) is 15.9. The van der Waals surface area contributed by atoms with Crippen molar-refractivity contribution < 1.29 is 4.74 Å². The monoisotopic (exact) mass is 348 g/mol. The van der Waals surface area contributed by atoms with Crippen molar-refractivity contribution in [2.45, 2.75) is 12.3 Å². The lowest BCUT2D eigenvalue weighted by atomic mass is 9.65. The van der Waals surface area contributed by atoms with Crippen molar-refractivity contribution in [3.8, 4) is 16.9 Å². The zero-order valence-corrected chi connectivity index (χ0v) is 15.3. The topological polar surface area (TPSA) is 9.23 Å². The van der Waals surface area contributed by atoms with Crippen LogP contribution in [0.15, 0.2) is 109 Å². The maximum atomic E-state index is 6.25. The molecule has 0 atom stereocenters. The molecule has 0 unspecified atom stereocenters. The standard InChI is InChI=1S/C26H20O/c1-3-4-13-21-18(2)27-25-17-10-9-16-24(25)26(21)22-14-7-5-11-19(22)20-12-6-8-15-23(20)26/h3-17H,1H2,2H3/b13-4-. The summed E-state index contributed by atoms with van der Waals surface area (Å²) in [7, 11) is 0. The number of hydrogen-bond donors (Lipinski definition) is 0. The molecule has 1 aliphatic heterocycles. The van der Waals surface area contributed by atoms with E-state index >= 15 is 0 Å². The number of hydrogen-bond acceptors (Lipinski definition) is 1. The number of allylic oxidation sites excluding steroid dienone is 5. The van der Waals surface area contributed by atoms with Gasteiger partial charge in [0.15, 0.2) is 0 Å². The van der Waals surface area contributed by atoms with Gasteiger partial charge in [-0.25, -0.2) is 0 Å². The summed E-state index contributed by atoms with van der Waals surface area (Å²) >= 11 is 0. The van der Waals surface area contributed by atoms with E-state index in [-0.39, 0.29) is 5.41 Å². The molecule has 3 aromatic rings. The van der Waals surface area contributed by atoms with Gasteiger partial charge in [0, 0.05) is 11.1 Å². The van der Waals surface area contributed by atoms with Crippen molar-refractivity contribution in [3.63, 3.8) is 0 Å². The third-order valence-electron chi connectivity index (χ3n) is 5.69. The Kier molecular flexibility index (Phi) is 3.45. The normalized spacial score (nSPS) is 16.0. The van der Waals surface area contributed by atoms with Crippen molar-refractivity contribution in [2.75, 3.05) is 0 Å². The smallest absolute Gasteiger partial charge is 0.131 e. The Bertz CT molecular complexity index is 1080. The van der Waals surface area contributed by atoms with E-state index in [2.05, 4.69) is 86.3 Å². The van der Waals surface area contributed by atoms with Gasteiger partial charge in [-0.15, -0.1) is 0 Å². The lowest BCUT2D eigenvalue weighted by molar-refractivity contribution is 0.387. The van der Waals surface area contributed by atoms with Crippen LogP contribution in [0.3, 0.4) is 0 Å². The fraction of sp³-hybridized carbons (Fsp3) is 0.0769. The van der Waals surface area contributed by atoms with Crippen LogP contribution in [0, 0.1) is 0 Å². The summed E-state index contributed by atoms with van der Waals surface area (Å²) in [6.45, 7) is 5.93. The van der Waals surface area contributed by atoms with Crippen LogP contribution < -0.4 is 4.74 Å². The first-order valence-electron chi connectivity index (χ1n) is 9.25. The minimum atomic E-state index is -0.369. The molecule has 1 nitrogen and oxygen atoms in total. The molecule has 3 aromatic carbocycles. The third kappa shape index (κ3) is 2.00. The number of benzene rings is 3. The summed E-state index contributed by atoms with van der Waals surface area (Å²) in [5, 5.41) is 0. The van der Waals surface area contributed by atoms with Gasteiger partial charge in [0.25, 0.3) is 0 Å². The Morgan fingerprint density at radius 3 is 1.96 bits per heavy atom. The van der Waals surface area contributed by atoms with Gasteiger partial charge in [-0.05, 0) is 35.2 Å². The highest BCUT2D eigenvalue weighted by Gasteiger charge is 2.50. The largest absolute Gasteiger partial charge is 0.461 e. The molecule has 0 aromatic heterocycles. The van der Waals surface area contributed by atoms with Gasteiger partial charge in [0.2, 0.25) is 0 Å². The Morgan fingerprint density at radius 2 is 1.33 bits per heavy atom. The van der Waals surface area contributed by atoms with Gasteiger partial charge in [0.05, 0.1) is 5.41 Å². The van der Waals surface area contributed by atoms with Gasteiger partial charge in [-0.3, -0.25) is 0 Å². The second kappa shape index (κ2) is 5.85. The summed E-state index contributed by atoms with van der Waals surface area (Å²) in [5.74, 6) is 1.86. The maximum absolute atomic E-state index is 6.25. The average molecular weight is 348 g/mol. The van der Waals surface area contributed by atoms with Gasteiger partial charge in [-0.2, -0.15) is 0 Å². The predicted molar refractivity (Wildman–Crippen MR) is 111 cm³/mol. The van der Waals surface area contributed by atoms with Crippen LogP contribution in [0.5, 0.6) is 5.75 Å². The lowest BCUT2D eigenvalue weighted by Gasteiger charge is -2.39. The number of ether oxygens (including phenoxy) is 1. The number of para-hydroxylation sites is 1. The molecule has 1 heterocycles. The van der Waals surface area contributed by atoms with E-state index in [1.165, 1.54) is 33.4 Å². The van der Waals surface area contributed by atoms with Crippen LogP contribution in [0.1, 0.15) is 23.6 Å². The van der Waals surface area contributed by atoms with Gasteiger partial charge in [0.1, 0.15) is 11.5 Å². The van der Waals surface area contributed by atoms with Crippen LogP contribution in [0.4, 0.5) is 0 Å². The minimum Gasteiger partial charge on any atom is -0.461 e. The molecule has 130 valence electrons. The Hall–Kier alpha value is -3.32. The molecule has 0 bridgehead atoms. The van der Waals surface area contributed by atoms with Crippen LogP contribution >= 0.6 is 0 Å². The molecule has 1 heteroatoms. The Morgan fingerprint density at radius 1 is 0.778 bits per heavy atom. The first-order chi connectivity index (χ1) is 13.3. The zero-order valence-electron chi connectivity index (χ0n) is 15.3. The highest BCUT2D eigenvalue weighted by atomic mass is 16.5. The van der Waals surface area contributed by atoms with E-state index < -0.39 is 0 Å². The molecule has 0 radical (unpaired) electrons. The van der Waals surface area contributed by atoms with E-state index in [9.17, 15) is 0 Å². The lowest BCUT2D eigenvalue weighted by Crippen LogP contribution is -2.33. The Balaban J connectivity index is 1.99. The SMILES string of the molecule is C=C/C=C\C1=C(C)Oc2ccccc2C12c1ccccc1-c1ccccc12. The highest BCUT2D eigenvalue weighted by molar-refractivity contribution is 5.87. The summed E-state index contributed by atoms with van der Waals surface area (Å²) in [6.07, 6.45) is 5.97. The van der Waals surface area contributed by atoms with Crippen LogP contribution in [-0.2, 0) is 5.41 Å². The second-order valence-corrected chi connectivity index (χ2v) is 7.00. The predicted octanol–water partition coefficient (Wildman–Crippen LogP) is 6.41. The molecular weight excluding hydrogens is 328 g/mol. The highest BCUT2D eigenvalue weighted by Crippen LogP contribution is 2.60. The average Bonchev–Trinajstić information content (AvgIpc) is 3.00. The van der Waals surface area contributed by atoms with E-state index in [1.54, 1.807) is 0 Å². The number of rotatable bonds is 2. The summed E-state index contributed by atoms with van der Waals surface area (Å²) in [4.78, 5) is 0. The fourth-order valence-corrected chi connectivity index (χ4v) is 4.72. The van der Waals surface area contributed by atoms with Crippen molar-refractivity contribution in [1.29, 1.82) is 0 Å². The van der Waals surface area contributed by atoms with E-state index in [0.717, 1.165) is 11.5 Å². The quantitative estimate of drug-likeness (QED) is 0.486. The van der Waals surface area contributed by atoms with Crippen LogP contribution in [-0.4, -0.2) is 0 Å². The first-order valence-corrected chi connectivity index (χ1v) is 9.25. The van der Waals surface area contributed by atoms with Gasteiger partial charge >= 0.3 is 0 Å². The van der Waals surface area contributed by atoms with Crippen molar-refractivity contribution >= 4 is 0 Å². The molecule has 0 amide bonds. The summed E-state index contributed by atoms with van der Waals surface area (Å²) < 4.78 is 6.25. The summed E-state index contributed by atoms with van der Waals surface area (Å²) in [5.41, 5.74) is 7.19. The molecular formula is C26H20O. The maximum Gasteiger partial charge on any atom is 0.131 e. The molecule has 5 rings (SSSR count). The molecule has 1 spiro atoms. The molecule has 0 N–H and O–H groups in total. The van der Waals surface area contributed by atoms with Crippen LogP contribution in [0.25, 0.3) is 11.1 Å². The van der Waals surface area contributed by atoms with Crippen molar-refractivity contribution in [1.82, 2.24) is 0 Å². The number of fused-ring (bicyclic) bond motifs is 7. The minimum absolute atomic E-state index is 0.369. The molecule has 0 saturated heterocycles. The van der Waals surface area contributed by atoms with E-state index in [0.29, 0.717) is 0 Å². The molecule has 27 heavy (non-hydrogen) atoms. The molecule has 2 aliphatic rings. The van der Waals surface area contributed by atoms with E-state index in [4.69, 9.17) is 4.74 Å².